The smallest absolute Gasteiger partial charge is 0.143 e. The number of benzene rings is 5. The van der Waals surface area contributed by atoms with Crippen LogP contribution < -0.4 is 0 Å². The molecule has 0 aliphatic heterocycles. The van der Waals surface area contributed by atoms with E-state index in [1.807, 2.05) is 0 Å². The molecule has 43 heavy (non-hydrogen) atoms. The van der Waals surface area contributed by atoms with Gasteiger partial charge in [0.1, 0.15) is 11.2 Å². The Kier molecular flexibility index (Phi) is 4.86. The molecule has 0 atom stereocenters. The van der Waals surface area contributed by atoms with Crippen LogP contribution in [0.5, 0.6) is 0 Å². The molecule has 9 rings (SSSR count). The maximum absolute atomic E-state index is 10.4. The molecular formula is C40H28N2O. The lowest BCUT2D eigenvalue weighted by atomic mass is 9.82. The molecule has 0 spiro atoms. The highest BCUT2D eigenvalue weighted by molar-refractivity contribution is 6.16. The van der Waals surface area contributed by atoms with Gasteiger partial charge in [-0.2, -0.15) is 5.26 Å². The summed E-state index contributed by atoms with van der Waals surface area (Å²) in [5.74, 6) is 0. The van der Waals surface area contributed by atoms with E-state index in [4.69, 9.17) is 4.42 Å². The topological polar surface area (TPSA) is 41.9 Å². The van der Waals surface area contributed by atoms with Crippen molar-refractivity contribution in [3.8, 4) is 17.2 Å². The molecule has 0 saturated heterocycles. The van der Waals surface area contributed by atoms with Gasteiger partial charge in [0.05, 0.1) is 28.4 Å². The summed E-state index contributed by atoms with van der Waals surface area (Å²) in [4.78, 5) is 0. The van der Waals surface area contributed by atoms with Crippen molar-refractivity contribution < 1.29 is 4.42 Å². The van der Waals surface area contributed by atoms with Crippen molar-refractivity contribution in [2.75, 3.05) is 0 Å². The van der Waals surface area contributed by atoms with Gasteiger partial charge in [-0.15, -0.1) is 0 Å². The number of rotatable bonds is 2. The van der Waals surface area contributed by atoms with E-state index in [1.165, 1.54) is 33.0 Å². The fraction of sp³-hybridized carbons (Fsp3) is 0.125. The molecule has 2 aromatic heterocycles. The monoisotopic (exact) mass is 552 g/mol. The summed E-state index contributed by atoms with van der Waals surface area (Å²) in [5.41, 5.74) is 13.1. The second-order valence-corrected chi connectivity index (χ2v) is 12.3. The second-order valence-electron chi connectivity index (χ2n) is 12.3. The van der Waals surface area contributed by atoms with Crippen molar-refractivity contribution in [1.29, 1.82) is 5.26 Å². The Balaban J connectivity index is 1.28. The average Bonchev–Trinajstić information content (AvgIpc) is 3.66. The van der Waals surface area contributed by atoms with Crippen LogP contribution in [0.1, 0.15) is 43.4 Å². The van der Waals surface area contributed by atoms with Crippen LogP contribution in [0.3, 0.4) is 0 Å². The zero-order chi connectivity index (χ0) is 28.9. The van der Waals surface area contributed by atoms with Crippen LogP contribution in [0.2, 0.25) is 0 Å². The van der Waals surface area contributed by atoms with Crippen molar-refractivity contribution in [1.82, 2.24) is 4.57 Å². The number of nitrogens with zero attached hydrogens (tertiary/aromatic N) is 2. The van der Waals surface area contributed by atoms with Gasteiger partial charge in [-0.25, -0.2) is 0 Å². The van der Waals surface area contributed by atoms with E-state index in [0.29, 0.717) is 0 Å². The third kappa shape index (κ3) is 3.18. The highest BCUT2D eigenvalue weighted by Crippen LogP contribution is 2.52. The Morgan fingerprint density at radius 1 is 0.744 bits per heavy atom. The molecule has 2 aliphatic carbocycles. The first-order valence-corrected chi connectivity index (χ1v) is 15.0. The highest BCUT2D eigenvalue weighted by atomic mass is 16.3. The van der Waals surface area contributed by atoms with Crippen molar-refractivity contribution >= 4 is 55.0 Å². The van der Waals surface area contributed by atoms with Gasteiger partial charge in [0.25, 0.3) is 0 Å². The lowest BCUT2D eigenvalue weighted by Gasteiger charge is -2.22. The number of hydrogen-bond acceptors (Lipinski definition) is 2. The van der Waals surface area contributed by atoms with E-state index in [2.05, 4.69) is 134 Å². The highest BCUT2D eigenvalue weighted by Gasteiger charge is 2.37. The third-order valence-corrected chi connectivity index (χ3v) is 9.72. The van der Waals surface area contributed by atoms with E-state index in [9.17, 15) is 5.26 Å². The number of allylic oxidation sites excluding steroid dienone is 4. The second kappa shape index (κ2) is 8.60. The van der Waals surface area contributed by atoms with E-state index in [-0.39, 0.29) is 5.41 Å². The molecule has 7 aromatic rings. The van der Waals surface area contributed by atoms with Crippen LogP contribution in [-0.2, 0) is 5.41 Å². The van der Waals surface area contributed by atoms with Gasteiger partial charge in [-0.3, -0.25) is 0 Å². The minimum atomic E-state index is -0.0765. The van der Waals surface area contributed by atoms with E-state index in [0.717, 1.165) is 68.2 Å². The van der Waals surface area contributed by atoms with Crippen LogP contribution in [-0.4, -0.2) is 4.57 Å². The maximum Gasteiger partial charge on any atom is 0.143 e. The molecule has 0 fully saturated rings. The fourth-order valence-electron chi connectivity index (χ4n) is 7.71. The first-order valence-electron chi connectivity index (χ1n) is 15.0. The van der Waals surface area contributed by atoms with Crippen molar-refractivity contribution in [2.45, 2.75) is 32.1 Å². The van der Waals surface area contributed by atoms with Gasteiger partial charge in [0.15, 0.2) is 0 Å². The van der Waals surface area contributed by atoms with E-state index < -0.39 is 0 Å². The third-order valence-electron chi connectivity index (χ3n) is 9.72. The summed E-state index contributed by atoms with van der Waals surface area (Å²) in [6, 6.07) is 39.4. The Bertz CT molecular complexity index is 2380. The predicted molar refractivity (Wildman–Crippen MR) is 177 cm³/mol. The zero-order valence-electron chi connectivity index (χ0n) is 24.1. The Morgan fingerprint density at radius 3 is 2.23 bits per heavy atom. The van der Waals surface area contributed by atoms with Crippen LogP contribution in [0.4, 0.5) is 0 Å². The molecule has 0 saturated carbocycles. The fourth-order valence-corrected chi connectivity index (χ4v) is 7.71. The quantitative estimate of drug-likeness (QED) is 0.214. The number of fused-ring (bicyclic) bond motifs is 10. The molecule has 3 nitrogen and oxygen atoms in total. The molecule has 0 amide bonds. The molecule has 204 valence electrons. The molecule has 2 heterocycles. The van der Waals surface area contributed by atoms with E-state index in [1.54, 1.807) is 0 Å². The van der Waals surface area contributed by atoms with Crippen LogP contribution in [0, 0.1) is 11.3 Å². The zero-order valence-corrected chi connectivity index (χ0v) is 24.1. The SMILES string of the molecule is CC1(C)c2ccccc2-c2c1ccc1c2oc2ccc(C3=CCCC(C#N)=C3n3c4ccccc4c4ccccc43)cc21. The molecule has 3 heteroatoms. The molecule has 0 N–H and O–H groups in total. The summed E-state index contributed by atoms with van der Waals surface area (Å²) in [5, 5.41) is 15.0. The molecule has 5 aromatic carbocycles. The van der Waals surface area contributed by atoms with Crippen molar-refractivity contribution in [2.24, 2.45) is 0 Å². The molecule has 0 unspecified atom stereocenters. The van der Waals surface area contributed by atoms with Crippen LogP contribution >= 0.6 is 0 Å². The Morgan fingerprint density at radius 2 is 1.47 bits per heavy atom. The maximum atomic E-state index is 10.4. The summed E-state index contributed by atoms with van der Waals surface area (Å²) < 4.78 is 8.96. The summed E-state index contributed by atoms with van der Waals surface area (Å²) in [6.45, 7) is 4.60. The molecular weight excluding hydrogens is 524 g/mol. The summed E-state index contributed by atoms with van der Waals surface area (Å²) in [6.07, 6.45) is 3.87. The van der Waals surface area contributed by atoms with Crippen molar-refractivity contribution in [3.63, 3.8) is 0 Å². The summed E-state index contributed by atoms with van der Waals surface area (Å²) >= 11 is 0. The number of para-hydroxylation sites is 2. The number of hydrogen-bond donors (Lipinski definition) is 0. The minimum absolute atomic E-state index is 0.0765. The van der Waals surface area contributed by atoms with E-state index >= 15 is 0 Å². The summed E-state index contributed by atoms with van der Waals surface area (Å²) in [7, 11) is 0. The molecule has 0 radical (unpaired) electrons. The van der Waals surface area contributed by atoms with Gasteiger partial charge >= 0.3 is 0 Å². The predicted octanol–water partition coefficient (Wildman–Crippen LogP) is 10.6. The standard InChI is InChI=1S/C40H28N2O/c1-40(2)32-15-6-3-13-30(32)37-33(40)20-19-29-31-22-24(18-21-36(31)43-39(29)37)26-14-9-10-25(23-41)38(26)42-34-16-7-4-11-27(34)28-12-5-8-17-35(28)42/h3-8,11-22H,9-10H2,1-2H3. The average molecular weight is 553 g/mol. The van der Waals surface area contributed by atoms with Crippen LogP contribution in [0.25, 0.3) is 66.1 Å². The Hall–Kier alpha value is -5.33. The van der Waals surface area contributed by atoms with Gasteiger partial charge in [0.2, 0.25) is 0 Å². The molecule has 0 bridgehead atoms. The lowest BCUT2D eigenvalue weighted by Crippen LogP contribution is -2.14. The first-order chi connectivity index (χ1) is 21.1. The van der Waals surface area contributed by atoms with Gasteiger partial charge in [-0.1, -0.05) is 98.8 Å². The van der Waals surface area contributed by atoms with Gasteiger partial charge in [0, 0.05) is 38.1 Å². The van der Waals surface area contributed by atoms with Gasteiger partial charge in [-0.05, 0) is 59.4 Å². The lowest BCUT2D eigenvalue weighted by molar-refractivity contribution is 0.653. The number of furan rings is 1. The Labute approximate surface area is 249 Å². The first kappa shape index (κ1) is 24.3. The largest absolute Gasteiger partial charge is 0.455 e. The molecule has 2 aliphatic rings. The van der Waals surface area contributed by atoms with Gasteiger partial charge < -0.3 is 8.98 Å². The number of nitriles is 1. The van der Waals surface area contributed by atoms with Crippen molar-refractivity contribution in [3.05, 3.63) is 131 Å². The number of aromatic nitrogens is 1. The normalized spacial score (nSPS) is 15.7. The van der Waals surface area contributed by atoms with Crippen LogP contribution in [0.15, 0.2) is 119 Å². The minimum Gasteiger partial charge on any atom is -0.455 e.